The third-order valence-electron chi connectivity index (χ3n) is 2.62. The van der Waals surface area contributed by atoms with Crippen LogP contribution in [0.3, 0.4) is 0 Å². The number of hydrogen-bond donors (Lipinski definition) is 2. The summed E-state index contributed by atoms with van der Waals surface area (Å²) in [6, 6.07) is 3.23. The van der Waals surface area contributed by atoms with Crippen molar-refractivity contribution in [2.45, 2.75) is 32.9 Å². The second kappa shape index (κ2) is 6.45. The van der Waals surface area contributed by atoms with Crippen LogP contribution >= 0.6 is 0 Å². The first-order valence-electron chi connectivity index (χ1n) is 6.07. The Labute approximate surface area is 110 Å². The number of carbonyl (C=O) groups is 1. The van der Waals surface area contributed by atoms with Crippen molar-refractivity contribution in [2.75, 3.05) is 11.9 Å². The zero-order chi connectivity index (χ0) is 14.5. The van der Waals surface area contributed by atoms with E-state index in [-0.39, 0.29) is 11.3 Å². The van der Waals surface area contributed by atoms with Crippen molar-refractivity contribution in [1.29, 1.82) is 0 Å². The highest BCUT2D eigenvalue weighted by atomic mass is 19.4. The fourth-order valence-electron chi connectivity index (χ4n) is 1.56. The summed E-state index contributed by atoms with van der Waals surface area (Å²) in [4.78, 5) is 11.4. The van der Waals surface area contributed by atoms with Gasteiger partial charge in [0.1, 0.15) is 0 Å². The molecule has 2 N–H and O–H groups in total. The molecule has 0 aliphatic carbocycles. The normalized spacial score (nSPS) is 11.2. The van der Waals surface area contributed by atoms with Gasteiger partial charge in [-0.15, -0.1) is 0 Å². The molecule has 19 heavy (non-hydrogen) atoms. The van der Waals surface area contributed by atoms with Crippen LogP contribution < -0.4 is 10.6 Å². The Hall–Kier alpha value is -1.72. The highest BCUT2D eigenvalue weighted by Crippen LogP contribution is 2.33. The van der Waals surface area contributed by atoms with Crippen molar-refractivity contribution >= 4 is 11.7 Å². The van der Waals surface area contributed by atoms with Gasteiger partial charge >= 0.3 is 12.2 Å². The molecule has 0 aromatic heterocycles. The summed E-state index contributed by atoms with van der Waals surface area (Å²) in [5.74, 6) is 0. The van der Waals surface area contributed by atoms with E-state index in [0.717, 1.165) is 18.9 Å². The molecule has 1 rings (SSSR count). The van der Waals surface area contributed by atoms with Crippen LogP contribution in [-0.2, 0) is 6.18 Å². The standard InChI is InChI=1S/C13H17F3N2O/c1-3-4-7-17-12(19)18-10-6-5-9(2)11(8-10)13(14,15)16/h5-6,8H,3-4,7H2,1-2H3,(H2,17,18,19). The number of rotatable bonds is 4. The molecule has 106 valence electrons. The summed E-state index contributed by atoms with van der Waals surface area (Å²) in [6.45, 7) is 3.86. The van der Waals surface area contributed by atoms with Gasteiger partial charge in [0, 0.05) is 12.2 Å². The van der Waals surface area contributed by atoms with Crippen LogP contribution in [0, 0.1) is 6.92 Å². The quantitative estimate of drug-likeness (QED) is 0.802. The molecule has 0 bridgehead atoms. The fraction of sp³-hybridized carbons (Fsp3) is 0.462. The topological polar surface area (TPSA) is 41.1 Å². The Morgan fingerprint density at radius 1 is 1.32 bits per heavy atom. The lowest BCUT2D eigenvalue weighted by Gasteiger charge is -2.13. The van der Waals surface area contributed by atoms with Crippen LogP contribution in [0.25, 0.3) is 0 Å². The van der Waals surface area contributed by atoms with E-state index in [0.29, 0.717) is 6.54 Å². The number of hydrogen-bond acceptors (Lipinski definition) is 1. The number of anilines is 1. The van der Waals surface area contributed by atoms with Gasteiger partial charge in [-0.1, -0.05) is 19.4 Å². The number of unbranched alkanes of at least 4 members (excludes halogenated alkanes) is 1. The fourth-order valence-corrected chi connectivity index (χ4v) is 1.56. The van der Waals surface area contributed by atoms with Crippen molar-refractivity contribution in [3.05, 3.63) is 29.3 Å². The average molecular weight is 274 g/mol. The van der Waals surface area contributed by atoms with Gasteiger partial charge in [-0.2, -0.15) is 13.2 Å². The van der Waals surface area contributed by atoms with E-state index in [9.17, 15) is 18.0 Å². The van der Waals surface area contributed by atoms with Crippen molar-refractivity contribution < 1.29 is 18.0 Å². The van der Waals surface area contributed by atoms with Crippen LogP contribution in [0.4, 0.5) is 23.7 Å². The van der Waals surface area contributed by atoms with Crippen molar-refractivity contribution in [3.63, 3.8) is 0 Å². The number of carbonyl (C=O) groups excluding carboxylic acids is 1. The number of amides is 2. The van der Waals surface area contributed by atoms with Gasteiger partial charge in [-0.05, 0) is 31.0 Å². The monoisotopic (exact) mass is 274 g/mol. The molecule has 0 unspecified atom stereocenters. The first-order valence-corrected chi connectivity index (χ1v) is 6.07. The summed E-state index contributed by atoms with van der Waals surface area (Å²) in [6.07, 6.45) is -2.65. The third kappa shape index (κ3) is 4.81. The lowest BCUT2D eigenvalue weighted by molar-refractivity contribution is -0.138. The molecule has 0 fully saturated rings. The van der Waals surface area contributed by atoms with Gasteiger partial charge in [-0.3, -0.25) is 0 Å². The molecule has 0 saturated carbocycles. The summed E-state index contributed by atoms with van der Waals surface area (Å²) < 4.78 is 38.1. The van der Waals surface area contributed by atoms with Gasteiger partial charge < -0.3 is 10.6 Å². The highest BCUT2D eigenvalue weighted by Gasteiger charge is 2.32. The third-order valence-corrected chi connectivity index (χ3v) is 2.62. The van der Waals surface area contributed by atoms with Crippen molar-refractivity contribution in [1.82, 2.24) is 5.32 Å². The Bertz CT molecular complexity index is 444. The van der Waals surface area contributed by atoms with Crippen LogP contribution in [0.5, 0.6) is 0 Å². The number of aryl methyl sites for hydroxylation is 1. The summed E-state index contributed by atoms with van der Waals surface area (Å²) >= 11 is 0. The van der Waals surface area contributed by atoms with Gasteiger partial charge in [0.15, 0.2) is 0 Å². The second-order valence-electron chi connectivity index (χ2n) is 4.26. The molecule has 1 aromatic carbocycles. The summed E-state index contributed by atoms with van der Waals surface area (Å²) in [5.41, 5.74) is -0.477. The molecule has 6 heteroatoms. The van der Waals surface area contributed by atoms with E-state index < -0.39 is 17.8 Å². The molecule has 2 amide bonds. The number of urea groups is 1. The van der Waals surface area contributed by atoms with E-state index >= 15 is 0 Å². The van der Waals surface area contributed by atoms with E-state index in [2.05, 4.69) is 10.6 Å². The minimum absolute atomic E-state index is 0.129. The van der Waals surface area contributed by atoms with E-state index in [1.165, 1.54) is 19.1 Å². The number of benzene rings is 1. The lowest BCUT2D eigenvalue weighted by atomic mass is 10.1. The molecule has 0 aliphatic rings. The Kier molecular flexibility index (Phi) is 5.20. The largest absolute Gasteiger partial charge is 0.416 e. The zero-order valence-electron chi connectivity index (χ0n) is 10.9. The molecule has 0 heterocycles. The molecule has 1 aromatic rings. The maximum Gasteiger partial charge on any atom is 0.416 e. The molecule has 0 saturated heterocycles. The number of halogens is 3. The molecule has 3 nitrogen and oxygen atoms in total. The van der Waals surface area contributed by atoms with E-state index in [1.54, 1.807) is 0 Å². The van der Waals surface area contributed by atoms with Gasteiger partial charge in [-0.25, -0.2) is 4.79 Å². The molecular weight excluding hydrogens is 257 g/mol. The average Bonchev–Trinajstić information content (AvgIpc) is 2.30. The van der Waals surface area contributed by atoms with Crippen molar-refractivity contribution in [2.24, 2.45) is 0 Å². The minimum Gasteiger partial charge on any atom is -0.338 e. The van der Waals surface area contributed by atoms with Crippen LogP contribution in [0.2, 0.25) is 0 Å². The van der Waals surface area contributed by atoms with Crippen LogP contribution in [0.15, 0.2) is 18.2 Å². The Balaban J connectivity index is 2.72. The Morgan fingerprint density at radius 2 is 2.00 bits per heavy atom. The van der Waals surface area contributed by atoms with Crippen LogP contribution in [-0.4, -0.2) is 12.6 Å². The molecule has 0 atom stereocenters. The molecule has 0 aliphatic heterocycles. The SMILES string of the molecule is CCCCNC(=O)Nc1ccc(C)c(C(F)(F)F)c1. The predicted octanol–water partition coefficient (Wildman–Crippen LogP) is 3.94. The minimum atomic E-state index is -4.42. The predicted molar refractivity (Wildman–Crippen MR) is 68.1 cm³/mol. The van der Waals surface area contributed by atoms with Gasteiger partial charge in [0.25, 0.3) is 0 Å². The van der Waals surface area contributed by atoms with E-state index in [1.807, 2.05) is 6.92 Å². The molecule has 0 radical (unpaired) electrons. The highest BCUT2D eigenvalue weighted by molar-refractivity contribution is 5.89. The first-order chi connectivity index (χ1) is 8.84. The smallest absolute Gasteiger partial charge is 0.338 e. The second-order valence-corrected chi connectivity index (χ2v) is 4.26. The lowest BCUT2D eigenvalue weighted by Crippen LogP contribution is -2.29. The maximum absolute atomic E-state index is 12.7. The van der Waals surface area contributed by atoms with Gasteiger partial charge in [0.2, 0.25) is 0 Å². The number of nitrogens with one attached hydrogen (secondary N) is 2. The summed E-state index contributed by atoms with van der Waals surface area (Å²) in [7, 11) is 0. The van der Waals surface area contributed by atoms with E-state index in [4.69, 9.17) is 0 Å². The molecular formula is C13H17F3N2O. The number of alkyl halides is 3. The maximum atomic E-state index is 12.7. The first kappa shape index (κ1) is 15.3. The Morgan fingerprint density at radius 3 is 2.58 bits per heavy atom. The summed E-state index contributed by atoms with van der Waals surface area (Å²) in [5, 5.41) is 4.96. The van der Waals surface area contributed by atoms with Crippen molar-refractivity contribution in [3.8, 4) is 0 Å². The zero-order valence-corrected chi connectivity index (χ0v) is 10.9. The molecule has 0 spiro atoms. The van der Waals surface area contributed by atoms with Crippen LogP contribution in [0.1, 0.15) is 30.9 Å². The van der Waals surface area contributed by atoms with Gasteiger partial charge in [0.05, 0.1) is 5.56 Å².